The number of halogens is 4. The SMILES string of the molecule is O=C(OCc1ccccc1)[C@@H](Nc1ccc(Br)cc1)C(F)(F)F. The highest BCUT2D eigenvalue weighted by Gasteiger charge is 2.46. The fourth-order valence-electron chi connectivity index (χ4n) is 1.80. The van der Waals surface area contributed by atoms with Gasteiger partial charge in [-0.15, -0.1) is 0 Å². The van der Waals surface area contributed by atoms with E-state index in [1.165, 1.54) is 12.1 Å². The van der Waals surface area contributed by atoms with Gasteiger partial charge < -0.3 is 10.1 Å². The van der Waals surface area contributed by atoms with Gasteiger partial charge in [0.25, 0.3) is 0 Å². The molecule has 2 aromatic rings. The summed E-state index contributed by atoms with van der Waals surface area (Å²) in [6.45, 7) is -0.214. The van der Waals surface area contributed by atoms with Gasteiger partial charge in [0.2, 0.25) is 6.04 Å². The predicted octanol–water partition coefficient (Wildman–Crippen LogP) is 4.54. The van der Waals surface area contributed by atoms with Crippen molar-refractivity contribution >= 4 is 27.6 Å². The van der Waals surface area contributed by atoms with Gasteiger partial charge in [-0.3, -0.25) is 0 Å². The van der Waals surface area contributed by atoms with E-state index < -0.39 is 18.2 Å². The van der Waals surface area contributed by atoms with E-state index in [0.717, 1.165) is 4.47 Å². The molecule has 0 aliphatic rings. The van der Waals surface area contributed by atoms with E-state index in [2.05, 4.69) is 21.2 Å². The van der Waals surface area contributed by atoms with Crippen LogP contribution in [0.15, 0.2) is 59.1 Å². The van der Waals surface area contributed by atoms with Crippen LogP contribution in [0.3, 0.4) is 0 Å². The molecule has 0 amide bonds. The summed E-state index contributed by atoms with van der Waals surface area (Å²) in [5.74, 6) is -1.37. The molecule has 2 rings (SSSR count). The average molecular weight is 388 g/mol. The zero-order valence-electron chi connectivity index (χ0n) is 11.8. The fraction of sp³-hybridized carbons (Fsp3) is 0.188. The minimum absolute atomic E-state index is 0.173. The van der Waals surface area contributed by atoms with E-state index in [0.29, 0.717) is 5.56 Å². The summed E-state index contributed by atoms with van der Waals surface area (Å²) in [6.07, 6.45) is -4.76. The number of carbonyl (C=O) groups excluding carboxylic acids is 1. The van der Waals surface area contributed by atoms with Crippen molar-refractivity contribution in [3.63, 3.8) is 0 Å². The van der Waals surface area contributed by atoms with Gasteiger partial charge in [-0.05, 0) is 29.8 Å². The topological polar surface area (TPSA) is 38.3 Å². The van der Waals surface area contributed by atoms with Crippen molar-refractivity contribution in [2.24, 2.45) is 0 Å². The second-order valence-corrected chi connectivity index (χ2v) is 5.63. The van der Waals surface area contributed by atoms with Crippen molar-refractivity contribution in [2.75, 3.05) is 5.32 Å². The molecular weight excluding hydrogens is 375 g/mol. The number of esters is 1. The van der Waals surface area contributed by atoms with Gasteiger partial charge in [-0.25, -0.2) is 4.79 Å². The van der Waals surface area contributed by atoms with Gasteiger partial charge in [-0.2, -0.15) is 13.2 Å². The van der Waals surface area contributed by atoms with Crippen LogP contribution in [0.5, 0.6) is 0 Å². The maximum atomic E-state index is 13.1. The molecule has 0 aliphatic heterocycles. The number of hydrogen-bond acceptors (Lipinski definition) is 3. The number of rotatable bonds is 5. The number of carbonyl (C=O) groups is 1. The molecular formula is C16H13BrF3NO2. The normalized spacial score (nSPS) is 12.5. The highest BCUT2D eigenvalue weighted by Crippen LogP contribution is 2.26. The van der Waals surface area contributed by atoms with Gasteiger partial charge in [0.05, 0.1) is 0 Å². The quantitative estimate of drug-likeness (QED) is 0.765. The lowest BCUT2D eigenvalue weighted by atomic mass is 10.2. The molecule has 1 atom stereocenters. The lowest BCUT2D eigenvalue weighted by Gasteiger charge is -2.21. The van der Waals surface area contributed by atoms with Gasteiger partial charge in [0, 0.05) is 10.2 Å². The number of ether oxygens (including phenoxy) is 1. The molecule has 1 N–H and O–H groups in total. The Hall–Kier alpha value is -2.02. The summed E-state index contributed by atoms with van der Waals surface area (Å²) in [5, 5.41) is 2.16. The predicted molar refractivity (Wildman–Crippen MR) is 83.8 cm³/mol. The molecule has 7 heteroatoms. The van der Waals surface area contributed by atoms with Crippen LogP contribution in [-0.4, -0.2) is 18.2 Å². The molecule has 0 radical (unpaired) electrons. The van der Waals surface area contributed by atoms with Crippen molar-refractivity contribution in [1.29, 1.82) is 0 Å². The molecule has 0 aliphatic carbocycles. The number of alkyl halides is 3. The fourth-order valence-corrected chi connectivity index (χ4v) is 2.06. The minimum Gasteiger partial charge on any atom is -0.459 e. The van der Waals surface area contributed by atoms with Gasteiger partial charge >= 0.3 is 12.1 Å². The smallest absolute Gasteiger partial charge is 0.419 e. The van der Waals surface area contributed by atoms with Crippen molar-refractivity contribution in [3.8, 4) is 0 Å². The van der Waals surface area contributed by atoms with E-state index in [9.17, 15) is 18.0 Å². The van der Waals surface area contributed by atoms with E-state index >= 15 is 0 Å². The Morgan fingerprint density at radius 2 is 1.70 bits per heavy atom. The highest BCUT2D eigenvalue weighted by atomic mass is 79.9. The van der Waals surface area contributed by atoms with Crippen LogP contribution in [0.25, 0.3) is 0 Å². The number of nitrogens with one attached hydrogen (secondary N) is 1. The summed E-state index contributed by atoms with van der Waals surface area (Å²) in [5.41, 5.74) is 0.789. The first-order valence-corrected chi connectivity index (χ1v) is 7.45. The first-order valence-electron chi connectivity index (χ1n) is 6.65. The second kappa shape index (κ2) is 7.50. The molecule has 0 aromatic heterocycles. The van der Waals surface area contributed by atoms with Crippen molar-refractivity contribution in [1.82, 2.24) is 0 Å². The number of anilines is 1. The summed E-state index contributed by atoms with van der Waals surface area (Å²) >= 11 is 3.19. The molecule has 23 heavy (non-hydrogen) atoms. The Morgan fingerprint density at radius 3 is 2.26 bits per heavy atom. The Balaban J connectivity index is 2.05. The Bertz CT molecular complexity index is 645. The van der Waals surface area contributed by atoms with Crippen LogP contribution in [0.1, 0.15) is 5.56 Å². The van der Waals surface area contributed by atoms with E-state index in [4.69, 9.17) is 4.74 Å². The highest BCUT2D eigenvalue weighted by molar-refractivity contribution is 9.10. The van der Waals surface area contributed by atoms with E-state index in [1.54, 1.807) is 42.5 Å². The molecule has 0 saturated carbocycles. The van der Waals surface area contributed by atoms with E-state index in [1.807, 2.05) is 0 Å². The van der Waals surface area contributed by atoms with Crippen molar-refractivity contribution < 1.29 is 22.7 Å². The first-order chi connectivity index (χ1) is 10.9. The number of benzene rings is 2. The van der Waals surface area contributed by atoms with Crippen molar-refractivity contribution in [2.45, 2.75) is 18.8 Å². The maximum absolute atomic E-state index is 13.1. The molecule has 0 unspecified atom stereocenters. The number of hydrogen-bond donors (Lipinski definition) is 1. The standard InChI is InChI=1S/C16H13BrF3NO2/c17-12-6-8-13(9-7-12)21-14(16(18,19)20)15(22)23-10-11-4-2-1-3-5-11/h1-9,14,21H,10H2/t14-/m1/s1. The molecule has 0 spiro atoms. The van der Waals surface area contributed by atoms with Crippen LogP contribution >= 0.6 is 15.9 Å². The average Bonchev–Trinajstić information content (AvgIpc) is 2.52. The third kappa shape index (κ3) is 5.28. The molecule has 122 valence electrons. The summed E-state index contributed by atoms with van der Waals surface area (Å²) in [6, 6.07) is 12.1. The molecule has 0 heterocycles. The zero-order valence-corrected chi connectivity index (χ0v) is 13.4. The summed E-state index contributed by atoms with van der Waals surface area (Å²) in [7, 11) is 0. The molecule has 2 aromatic carbocycles. The third-order valence-electron chi connectivity index (χ3n) is 2.94. The summed E-state index contributed by atoms with van der Waals surface area (Å²) < 4.78 is 44.8. The molecule has 0 fully saturated rings. The van der Waals surface area contributed by atoms with Gasteiger partial charge in [-0.1, -0.05) is 46.3 Å². The molecule has 0 bridgehead atoms. The van der Waals surface area contributed by atoms with Crippen LogP contribution in [0, 0.1) is 0 Å². The zero-order chi connectivity index (χ0) is 16.9. The van der Waals surface area contributed by atoms with Crippen LogP contribution < -0.4 is 5.32 Å². The maximum Gasteiger partial charge on any atom is 0.419 e. The van der Waals surface area contributed by atoms with Crippen LogP contribution in [-0.2, 0) is 16.1 Å². The minimum atomic E-state index is -4.76. The van der Waals surface area contributed by atoms with Crippen LogP contribution in [0.2, 0.25) is 0 Å². The van der Waals surface area contributed by atoms with E-state index in [-0.39, 0.29) is 12.3 Å². The molecule has 3 nitrogen and oxygen atoms in total. The second-order valence-electron chi connectivity index (χ2n) is 4.72. The Labute approximate surface area is 139 Å². The third-order valence-corrected chi connectivity index (χ3v) is 3.47. The first kappa shape index (κ1) is 17.3. The lowest BCUT2D eigenvalue weighted by Crippen LogP contribution is -2.44. The summed E-state index contributed by atoms with van der Waals surface area (Å²) in [4.78, 5) is 11.8. The Kier molecular flexibility index (Phi) is 5.65. The van der Waals surface area contributed by atoms with Gasteiger partial charge in [0.15, 0.2) is 0 Å². The molecule has 0 saturated heterocycles. The lowest BCUT2D eigenvalue weighted by molar-refractivity contribution is -0.177. The Morgan fingerprint density at radius 1 is 1.09 bits per heavy atom. The van der Waals surface area contributed by atoms with Gasteiger partial charge in [0.1, 0.15) is 6.61 Å². The van der Waals surface area contributed by atoms with Crippen LogP contribution in [0.4, 0.5) is 18.9 Å². The van der Waals surface area contributed by atoms with Crippen molar-refractivity contribution in [3.05, 3.63) is 64.6 Å². The largest absolute Gasteiger partial charge is 0.459 e. The monoisotopic (exact) mass is 387 g/mol.